The Bertz CT molecular complexity index is 599. The van der Waals surface area contributed by atoms with E-state index in [-0.39, 0.29) is 0 Å². The molecule has 0 amide bonds. The number of carbonyl (C=O) groups excluding carboxylic acids is 2. The van der Waals surface area contributed by atoms with Gasteiger partial charge in [-0.3, -0.25) is 9.35 Å². The summed E-state index contributed by atoms with van der Waals surface area (Å²) in [7, 11) is -5.30. The van der Waals surface area contributed by atoms with Gasteiger partial charge in [-0.2, -0.15) is 8.42 Å². The highest BCUT2D eigenvalue weighted by molar-refractivity contribution is 7.88. The van der Waals surface area contributed by atoms with E-state index in [0.29, 0.717) is 6.42 Å². The highest BCUT2D eigenvalue weighted by Crippen LogP contribution is 2.17. The van der Waals surface area contributed by atoms with Gasteiger partial charge in [-0.25, -0.2) is 9.59 Å². The quantitative estimate of drug-likeness (QED) is 0.149. The first-order valence-corrected chi connectivity index (χ1v) is 9.39. The third-order valence-electron chi connectivity index (χ3n) is 3.39. The van der Waals surface area contributed by atoms with E-state index in [2.05, 4.69) is 11.7 Å². The Morgan fingerprint density at radius 3 is 2.20 bits per heavy atom. The second-order valence-electron chi connectivity index (χ2n) is 5.60. The second-order valence-corrected chi connectivity index (χ2v) is 7.28. The third kappa shape index (κ3) is 8.75. The molecular formula is C15H25NO8S. The topological polar surface area (TPSA) is 161 Å². The third-order valence-corrected chi connectivity index (χ3v) is 4.62. The predicted molar refractivity (Wildman–Crippen MR) is 89.0 cm³/mol. The summed E-state index contributed by atoms with van der Waals surface area (Å²) in [5.41, 5.74) is 5.13. The van der Waals surface area contributed by atoms with Gasteiger partial charge in [0.1, 0.15) is 0 Å². The fraction of sp³-hybridized carbons (Fsp3) is 0.667. The van der Waals surface area contributed by atoms with Crippen molar-refractivity contribution in [1.82, 2.24) is 0 Å². The van der Waals surface area contributed by atoms with Gasteiger partial charge in [-0.15, -0.1) is 0 Å². The van der Waals surface area contributed by atoms with Crippen molar-refractivity contribution in [2.75, 3.05) is 0 Å². The second kappa shape index (κ2) is 11.0. The van der Waals surface area contributed by atoms with E-state index in [9.17, 15) is 22.8 Å². The molecule has 0 aromatic carbocycles. The minimum absolute atomic E-state index is 0.566. The van der Waals surface area contributed by atoms with Crippen molar-refractivity contribution < 1.29 is 37.2 Å². The summed E-state index contributed by atoms with van der Waals surface area (Å²) >= 11 is 0. The fourth-order valence-corrected chi connectivity index (χ4v) is 2.49. The molecule has 0 aromatic rings. The lowest BCUT2D eigenvalue weighted by molar-refractivity contribution is -0.160. The molecule has 0 saturated heterocycles. The molecule has 0 aliphatic carbocycles. The number of carbonyl (C=O) groups is 3. The number of hydrogen-bond donors (Lipinski definition) is 3. The van der Waals surface area contributed by atoms with Crippen LogP contribution in [0.5, 0.6) is 0 Å². The number of ether oxygens (including phenoxy) is 1. The van der Waals surface area contributed by atoms with Crippen molar-refractivity contribution in [2.24, 2.45) is 5.73 Å². The van der Waals surface area contributed by atoms with Crippen molar-refractivity contribution in [2.45, 2.75) is 63.2 Å². The molecular weight excluding hydrogens is 354 g/mol. The summed E-state index contributed by atoms with van der Waals surface area (Å²) in [4.78, 5) is 30.5. The minimum atomic E-state index is -5.30. The van der Waals surface area contributed by atoms with E-state index in [0.717, 1.165) is 38.2 Å². The first-order valence-electron chi connectivity index (χ1n) is 7.95. The van der Waals surface area contributed by atoms with Gasteiger partial charge < -0.3 is 15.6 Å². The number of carboxylic acid groups (broad SMARTS) is 1. The Labute approximate surface area is 147 Å². The van der Waals surface area contributed by atoms with Crippen LogP contribution >= 0.6 is 0 Å². The number of aliphatic carboxylic acids is 1. The summed E-state index contributed by atoms with van der Waals surface area (Å²) < 4.78 is 35.5. The van der Waals surface area contributed by atoms with Crippen LogP contribution in [0.3, 0.4) is 0 Å². The van der Waals surface area contributed by atoms with E-state index in [1.54, 1.807) is 0 Å². The van der Waals surface area contributed by atoms with E-state index in [1.165, 1.54) is 12.5 Å². The van der Waals surface area contributed by atoms with Gasteiger partial charge >= 0.3 is 17.9 Å². The van der Waals surface area contributed by atoms with Gasteiger partial charge in [0.25, 0.3) is 15.0 Å². The highest BCUT2D eigenvalue weighted by Gasteiger charge is 2.51. The van der Waals surface area contributed by atoms with Crippen LogP contribution in [0.25, 0.3) is 0 Å². The number of esters is 2. The zero-order valence-corrected chi connectivity index (χ0v) is 15.0. The summed E-state index contributed by atoms with van der Waals surface area (Å²) in [5, 5.41) is 8.61. The van der Waals surface area contributed by atoms with Crippen LogP contribution in [0.4, 0.5) is 0 Å². The molecule has 0 aliphatic heterocycles. The molecule has 0 rings (SSSR count). The molecule has 25 heavy (non-hydrogen) atoms. The average Bonchev–Trinajstić information content (AvgIpc) is 2.48. The molecule has 0 aromatic heterocycles. The number of rotatable bonds is 12. The zero-order valence-electron chi connectivity index (χ0n) is 14.1. The maximum absolute atomic E-state index is 11.7. The smallest absolute Gasteiger partial charge is 0.353 e. The predicted octanol–water partition coefficient (Wildman–Crippen LogP) is 1.38. The summed E-state index contributed by atoms with van der Waals surface area (Å²) in [5.74, 6) is -4.81. The van der Waals surface area contributed by atoms with Crippen molar-refractivity contribution in [3.63, 3.8) is 0 Å². The Kier molecular flexibility index (Phi) is 10.2. The standard InChI is InChI=1S/C15H25NO8S/c1-2-3-4-5-6-7-8-9-10-13(19)24-14(20)15(16,11-12(17)18)25(21,22)23/h9-10H,2-8,11,16H2,1H3,(H,17,18)(H,21,22,23). The van der Waals surface area contributed by atoms with Crippen LogP contribution in [0.15, 0.2) is 12.2 Å². The molecule has 0 heterocycles. The van der Waals surface area contributed by atoms with Crippen molar-refractivity contribution in [3.8, 4) is 0 Å². The van der Waals surface area contributed by atoms with Crippen LogP contribution in [-0.2, 0) is 29.2 Å². The lowest BCUT2D eigenvalue weighted by atomic mass is 10.1. The van der Waals surface area contributed by atoms with Crippen molar-refractivity contribution in [1.29, 1.82) is 0 Å². The van der Waals surface area contributed by atoms with Crippen molar-refractivity contribution in [3.05, 3.63) is 12.2 Å². The normalized spacial score (nSPS) is 14.2. The molecule has 0 fully saturated rings. The van der Waals surface area contributed by atoms with E-state index < -0.39 is 39.3 Å². The number of allylic oxidation sites excluding steroid dienone is 1. The molecule has 0 bridgehead atoms. The molecule has 1 unspecified atom stereocenters. The van der Waals surface area contributed by atoms with Crippen LogP contribution in [0, 0.1) is 0 Å². The zero-order chi connectivity index (χ0) is 19.5. The molecule has 10 heteroatoms. The summed E-state index contributed by atoms with van der Waals surface area (Å²) in [6.07, 6.45) is 7.89. The lowest BCUT2D eigenvalue weighted by Crippen LogP contribution is -2.57. The summed E-state index contributed by atoms with van der Waals surface area (Å²) in [6, 6.07) is 0. The molecule has 4 N–H and O–H groups in total. The maximum atomic E-state index is 11.7. The first-order chi connectivity index (χ1) is 11.5. The van der Waals surface area contributed by atoms with Crippen molar-refractivity contribution >= 4 is 28.0 Å². The van der Waals surface area contributed by atoms with Gasteiger partial charge in [-0.05, 0) is 12.8 Å². The van der Waals surface area contributed by atoms with Crippen LogP contribution in [0.2, 0.25) is 0 Å². The molecule has 0 saturated carbocycles. The maximum Gasteiger partial charge on any atom is 0.353 e. The van der Waals surface area contributed by atoms with Crippen LogP contribution in [-0.4, -0.2) is 40.9 Å². The van der Waals surface area contributed by atoms with Gasteiger partial charge in [0.05, 0.1) is 6.42 Å². The minimum Gasteiger partial charge on any atom is -0.481 e. The Morgan fingerprint density at radius 2 is 1.68 bits per heavy atom. The molecule has 144 valence electrons. The first kappa shape index (κ1) is 23.2. The fourth-order valence-electron chi connectivity index (χ4n) is 1.93. The van der Waals surface area contributed by atoms with E-state index in [1.807, 2.05) is 0 Å². The largest absolute Gasteiger partial charge is 0.481 e. The van der Waals surface area contributed by atoms with Crippen LogP contribution in [0.1, 0.15) is 58.3 Å². The molecule has 0 radical (unpaired) electrons. The van der Waals surface area contributed by atoms with Gasteiger partial charge in [0, 0.05) is 6.08 Å². The Morgan fingerprint density at radius 1 is 1.12 bits per heavy atom. The van der Waals surface area contributed by atoms with E-state index >= 15 is 0 Å². The molecule has 9 nitrogen and oxygen atoms in total. The van der Waals surface area contributed by atoms with Gasteiger partial charge in [-0.1, -0.05) is 45.1 Å². The number of carboxylic acids is 1. The van der Waals surface area contributed by atoms with Gasteiger partial charge in [0.15, 0.2) is 0 Å². The molecule has 1 atom stereocenters. The van der Waals surface area contributed by atoms with Gasteiger partial charge in [0.2, 0.25) is 0 Å². The average molecular weight is 379 g/mol. The highest BCUT2D eigenvalue weighted by atomic mass is 32.2. The number of hydrogen-bond acceptors (Lipinski definition) is 7. The van der Waals surface area contributed by atoms with E-state index in [4.69, 9.17) is 15.4 Å². The molecule has 0 spiro atoms. The summed E-state index contributed by atoms with van der Waals surface area (Å²) in [6.45, 7) is 2.12. The van der Waals surface area contributed by atoms with Crippen LogP contribution < -0.4 is 5.73 Å². The monoisotopic (exact) mass is 379 g/mol. The molecule has 0 aliphatic rings. The lowest BCUT2D eigenvalue weighted by Gasteiger charge is -2.20. The number of unbranched alkanes of at least 4 members (excludes halogenated alkanes) is 6. The SMILES string of the molecule is CCCCCCCCC=CC(=O)OC(=O)C(N)(CC(=O)O)S(=O)(=O)O. The Balaban J connectivity index is 4.50. The number of nitrogens with two attached hydrogens (primary N) is 1. The Hall–Kier alpha value is -1.78.